The maximum atomic E-state index is 12.3. The van der Waals surface area contributed by atoms with Crippen LogP contribution in [0.5, 0.6) is 0 Å². The van der Waals surface area contributed by atoms with Crippen molar-refractivity contribution in [1.29, 1.82) is 0 Å². The van der Waals surface area contributed by atoms with Crippen LogP contribution in [-0.2, 0) is 19.0 Å². The highest BCUT2D eigenvalue weighted by Gasteiger charge is 2.49. The molecule has 2 N–H and O–H groups in total. The van der Waals surface area contributed by atoms with Crippen LogP contribution in [0.25, 0.3) is 0 Å². The number of rotatable bonds is 5. The predicted octanol–water partition coefficient (Wildman–Crippen LogP) is 4.29. The van der Waals surface area contributed by atoms with Crippen LogP contribution in [0.2, 0.25) is 0 Å². The fourth-order valence-electron chi connectivity index (χ4n) is 5.57. The summed E-state index contributed by atoms with van der Waals surface area (Å²) in [5, 5.41) is 21.5. The molecule has 2 aliphatic carbocycles. The molecule has 0 aromatic rings. The Kier molecular flexibility index (Phi) is 7.91. The molecule has 3 rings (SSSR count). The number of aliphatic hydroxyl groups is 2. The fourth-order valence-corrected chi connectivity index (χ4v) is 5.57. The molecule has 1 heterocycles. The molecule has 182 valence electrons. The Morgan fingerprint density at radius 3 is 2.50 bits per heavy atom. The Hall–Kier alpha value is -1.21. The summed E-state index contributed by atoms with van der Waals surface area (Å²) in [4.78, 5) is 12.3. The molecule has 32 heavy (non-hydrogen) atoms. The summed E-state index contributed by atoms with van der Waals surface area (Å²) < 4.78 is 17.7. The predicted molar refractivity (Wildman–Crippen MR) is 123 cm³/mol. The molecule has 3 aliphatic rings. The quantitative estimate of drug-likeness (QED) is 0.369. The van der Waals surface area contributed by atoms with Gasteiger partial charge >= 0.3 is 5.97 Å². The summed E-state index contributed by atoms with van der Waals surface area (Å²) >= 11 is 0. The lowest BCUT2D eigenvalue weighted by Gasteiger charge is -2.45. The highest BCUT2D eigenvalue weighted by atomic mass is 16.7. The minimum atomic E-state index is -1.28. The molecule has 0 unspecified atom stereocenters. The molecule has 6 nitrogen and oxygen atoms in total. The van der Waals surface area contributed by atoms with Crippen molar-refractivity contribution in [2.45, 2.75) is 117 Å². The van der Waals surface area contributed by atoms with E-state index in [4.69, 9.17) is 14.2 Å². The first-order valence-corrected chi connectivity index (χ1v) is 12.2. The van der Waals surface area contributed by atoms with Gasteiger partial charge in [-0.25, -0.2) is 4.79 Å². The number of allylic oxidation sites excluding steroid dienone is 3. The van der Waals surface area contributed by atoms with Gasteiger partial charge in [-0.15, -0.1) is 0 Å². The first-order valence-electron chi connectivity index (χ1n) is 12.2. The fraction of sp³-hybridized carbons (Fsp3) is 0.808. The van der Waals surface area contributed by atoms with Crippen molar-refractivity contribution in [3.05, 3.63) is 22.8 Å². The lowest BCUT2D eigenvalue weighted by Crippen LogP contribution is -2.60. The summed E-state index contributed by atoms with van der Waals surface area (Å²) in [6, 6.07) is 0. The van der Waals surface area contributed by atoms with Gasteiger partial charge in [0.05, 0.1) is 11.7 Å². The largest absolute Gasteiger partial charge is 0.453 e. The minimum Gasteiger partial charge on any atom is -0.453 e. The van der Waals surface area contributed by atoms with Crippen LogP contribution in [0.15, 0.2) is 22.8 Å². The Balaban J connectivity index is 1.75. The zero-order valence-corrected chi connectivity index (χ0v) is 20.8. The topological polar surface area (TPSA) is 85.2 Å². The molecule has 0 amide bonds. The van der Waals surface area contributed by atoms with E-state index in [1.165, 1.54) is 18.4 Å². The van der Waals surface area contributed by atoms with E-state index in [9.17, 15) is 15.0 Å². The third kappa shape index (κ3) is 5.14. The molecule has 0 bridgehead atoms. The summed E-state index contributed by atoms with van der Waals surface area (Å²) in [6.07, 6.45) is 2.17. The molecule has 1 saturated heterocycles. The monoisotopic (exact) mass is 450 g/mol. The summed E-state index contributed by atoms with van der Waals surface area (Å²) in [5.41, 5.74) is 3.00. The van der Waals surface area contributed by atoms with Crippen LogP contribution >= 0.6 is 0 Å². The number of hydrogen-bond acceptors (Lipinski definition) is 6. The normalized spacial score (nSPS) is 39.0. The van der Waals surface area contributed by atoms with Gasteiger partial charge in [-0.1, -0.05) is 24.1 Å². The lowest BCUT2D eigenvalue weighted by atomic mass is 9.82. The van der Waals surface area contributed by atoms with Gasteiger partial charge in [-0.05, 0) is 91.4 Å². The van der Waals surface area contributed by atoms with Gasteiger partial charge in [0.1, 0.15) is 12.2 Å². The highest BCUT2D eigenvalue weighted by molar-refractivity contribution is 5.87. The number of aliphatic hydroxyl groups excluding tert-OH is 2. The van der Waals surface area contributed by atoms with Crippen LogP contribution in [0.3, 0.4) is 0 Å². The number of esters is 1. The van der Waals surface area contributed by atoms with E-state index in [1.807, 2.05) is 0 Å². The van der Waals surface area contributed by atoms with Crippen molar-refractivity contribution >= 4 is 5.97 Å². The van der Waals surface area contributed by atoms with Crippen LogP contribution < -0.4 is 0 Å². The van der Waals surface area contributed by atoms with Crippen molar-refractivity contribution in [3.8, 4) is 0 Å². The molecule has 0 aromatic carbocycles. The molecule has 2 fully saturated rings. The standard InChI is InChI=1S/C26H42O6/c1-8-14(2)24(29)31-23-21(27)17(5)30-25(22(23)28)32-26(6,7)18-11-9-15(3)19-12-10-16(4)20(19)13-18/h8,15,17-19,21-23,25,27-28H,9-13H2,1-7H3/t15-,17-,18+,19-,21-,22-,23+,25+/m0/s1. The van der Waals surface area contributed by atoms with Crippen LogP contribution in [0, 0.1) is 17.8 Å². The van der Waals surface area contributed by atoms with Gasteiger partial charge in [0.2, 0.25) is 0 Å². The van der Waals surface area contributed by atoms with E-state index in [2.05, 4.69) is 27.7 Å². The maximum absolute atomic E-state index is 12.3. The van der Waals surface area contributed by atoms with Crippen LogP contribution in [0.4, 0.5) is 0 Å². The molecule has 0 spiro atoms. The van der Waals surface area contributed by atoms with Gasteiger partial charge in [0, 0.05) is 5.57 Å². The van der Waals surface area contributed by atoms with Crippen molar-refractivity contribution in [2.75, 3.05) is 0 Å². The third-order valence-corrected chi connectivity index (χ3v) is 8.13. The molecular weight excluding hydrogens is 408 g/mol. The van der Waals surface area contributed by atoms with Crippen LogP contribution in [-0.4, -0.2) is 52.5 Å². The summed E-state index contributed by atoms with van der Waals surface area (Å²) in [7, 11) is 0. The second-order valence-electron chi connectivity index (χ2n) is 10.7. The van der Waals surface area contributed by atoms with Crippen molar-refractivity contribution in [3.63, 3.8) is 0 Å². The van der Waals surface area contributed by atoms with Crippen molar-refractivity contribution in [1.82, 2.24) is 0 Å². The first kappa shape index (κ1) is 25.4. The zero-order chi connectivity index (χ0) is 23.8. The Morgan fingerprint density at radius 1 is 1.16 bits per heavy atom. The van der Waals surface area contributed by atoms with Gasteiger partial charge in [0.25, 0.3) is 0 Å². The van der Waals surface area contributed by atoms with Gasteiger partial charge < -0.3 is 24.4 Å². The van der Waals surface area contributed by atoms with E-state index in [1.54, 1.807) is 32.4 Å². The third-order valence-electron chi connectivity index (χ3n) is 8.13. The van der Waals surface area contributed by atoms with E-state index < -0.39 is 42.3 Å². The molecule has 6 heteroatoms. The molecule has 0 aromatic heterocycles. The number of fused-ring (bicyclic) bond motifs is 1. The second-order valence-corrected chi connectivity index (χ2v) is 10.7. The maximum Gasteiger partial charge on any atom is 0.333 e. The van der Waals surface area contributed by atoms with E-state index in [0.29, 0.717) is 23.3 Å². The molecule has 8 atom stereocenters. The van der Waals surface area contributed by atoms with E-state index >= 15 is 0 Å². The van der Waals surface area contributed by atoms with Gasteiger partial charge in [0.15, 0.2) is 12.4 Å². The van der Waals surface area contributed by atoms with Crippen molar-refractivity contribution in [2.24, 2.45) is 17.8 Å². The zero-order valence-electron chi connectivity index (χ0n) is 20.8. The SMILES string of the molecule is CC=C(C)C(=O)O[C@H]1[C@H](O)[C@@H](OC(C)(C)[C@@H]2CC[C@H](C)[C@@H]3CCC(C)=C3C2)O[C@@H](C)[C@@H]1O. The molecule has 0 radical (unpaired) electrons. The first-order chi connectivity index (χ1) is 15.0. The lowest BCUT2D eigenvalue weighted by molar-refractivity contribution is -0.323. The average molecular weight is 451 g/mol. The van der Waals surface area contributed by atoms with Gasteiger partial charge in [-0.2, -0.15) is 0 Å². The molecular formula is C26H42O6. The average Bonchev–Trinajstić information content (AvgIpc) is 3.01. The number of carbonyl (C=O) groups is 1. The number of ether oxygens (including phenoxy) is 3. The smallest absolute Gasteiger partial charge is 0.333 e. The van der Waals surface area contributed by atoms with Gasteiger partial charge in [-0.3, -0.25) is 0 Å². The highest BCUT2D eigenvalue weighted by Crippen LogP contribution is 2.48. The minimum absolute atomic E-state index is 0.294. The van der Waals surface area contributed by atoms with Crippen molar-refractivity contribution < 1.29 is 29.2 Å². The summed E-state index contributed by atoms with van der Waals surface area (Å²) in [5.74, 6) is 1.09. The summed E-state index contributed by atoms with van der Waals surface area (Å²) in [6.45, 7) is 13.8. The molecule has 1 aliphatic heterocycles. The number of carbonyl (C=O) groups excluding carboxylic acids is 1. The second kappa shape index (κ2) is 9.96. The van der Waals surface area contributed by atoms with Crippen LogP contribution in [0.1, 0.15) is 80.6 Å². The Morgan fingerprint density at radius 2 is 1.84 bits per heavy atom. The van der Waals surface area contributed by atoms with E-state index in [-0.39, 0.29) is 0 Å². The molecule has 1 saturated carbocycles. The number of hydrogen-bond donors (Lipinski definition) is 2. The Bertz CT molecular complexity index is 753. The van der Waals surface area contributed by atoms with E-state index in [0.717, 1.165) is 19.3 Å². The Labute approximate surface area is 193 Å².